The molecule has 5 heteroatoms. The summed E-state index contributed by atoms with van der Waals surface area (Å²) < 4.78 is 6.81. The summed E-state index contributed by atoms with van der Waals surface area (Å²) in [5.41, 5.74) is 1.04. The molecule has 4 saturated carbocycles. The quantitative estimate of drug-likeness (QED) is 0.851. The molecule has 4 aliphatic rings. The normalized spacial score (nSPS) is 31.8. The highest BCUT2D eigenvalue weighted by molar-refractivity contribution is 5.76. The van der Waals surface area contributed by atoms with Crippen LogP contribution in [0.2, 0.25) is 0 Å². The van der Waals surface area contributed by atoms with Gasteiger partial charge in [0.15, 0.2) is 0 Å². The molecule has 4 aliphatic carbocycles. The van der Waals surface area contributed by atoms with Crippen molar-refractivity contribution in [1.82, 2.24) is 9.88 Å². The first-order chi connectivity index (χ1) is 12.5. The molecule has 5 rings (SSSR count). The highest BCUT2D eigenvalue weighted by Gasteiger charge is 2.51. The Labute approximate surface area is 155 Å². The Bertz CT molecular complexity index is 717. The van der Waals surface area contributed by atoms with Crippen LogP contribution in [0.3, 0.4) is 0 Å². The SMILES string of the molecule is COc1cc(C)n(CCNC(=O)CC23CC4CC(CC(C4)C2)C3)c(=O)c1. The van der Waals surface area contributed by atoms with Crippen molar-refractivity contribution in [3.05, 3.63) is 28.2 Å². The number of nitrogens with zero attached hydrogens (tertiary/aromatic N) is 1. The van der Waals surface area contributed by atoms with Crippen LogP contribution in [0.25, 0.3) is 0 Å². The zero-order valence-corrected chi connectivity index (χ0v) is 15.9. The molecular formula is C21H30N2O3. The van der Waals surface area contributed by atoms with Gasteiger partial charge in [0.05, 0.1) is 7.11 Å². The van der Waals surface area contributed by atoms with Crippen LogP contribution < -0.4 is 15.6 Å². The highest BCUT2D eigenvalue weighted by atomic mass is 16.5. The lowest BCUT2D eigenvalue weighted by atomic mass is 9.49. The average molecular weight is 358 g/mol. The van der Waals surface area contributed by atoms with Crippen LogP contribution in [0.15, 0.2) is 16.9 Å². The lowest BCUT2D eigenvalue weighted by molar-refractivity contribution is -0.129. The molecular weight excluding hydrogens is 328 g/mol. The molecule has 0 unspecified atom stereocenters. The number of pyridine rings is 1. The van der Waals surface area contributed by atoms with E-state index in [1.807, 2.05) is 13.0 Å². The minimum atomic E-state index is -0.0859. The number of carbonyl (C=O) groups is 1. The van der Waals surface area contributed by atoms with Gasteiger partial charge in [0.2, 0.25) is 5.91 Å². The standard InChI is InChI=1S/C21H30N2O3/c1-14-5-18(26-2)9-20(25)23(14)4-3-22-19(24)13-21-10-15-6-16(11-21)8-17(7-15)12-21/h5,9,15-17H,3-4,6-8,10-13H2,1-2H3,(H,22,24). The Morgan fingerprint density at radius 1 is 1.19 bits per heavy atom. The maximum Gasteiger partial charge on any atom is 0.254 e. The second-order valence-corrected chi connectivity index (χ2v) is 8.97. The minimum Gasteiger partial charge on any atom is -0.496 e. The number of methoxy groups -OCH3 is 1. The first-order valence-electron chi connectivity index (χ1n) is 9.98. The number of amides is 1. The Balaban J connectivity index is 1.32. The molecule has 0 radical (unpaired) electrons. The molecule has 1 heterocycles. The van der Waals surface area contributed by atoms with Gasteiger partial charge in [-0.3, -0.25) is 9.59 Å². The lowest BCUT2D eigenvalue weighted by Crippen LogP contribution is -2.48. The third-order valence-corrected chi connectivity index (χ3v) is 6.90. The van der Waals surface area contributed by atoms with Gasteiger partial charge in [0.1, 0.15) is 5.75 Å². The van der Waals surface area contributed by atoms with Crippen molar-refractivity contribution in [2.24, 2.45) is 23.2 Å². The fraction of sp³-hybridized carbons (Fsp3) is 0.714. The van der Waals surface area contributed by atoms with Crippen molar-refractivity contribution < 1.29 is 9.53 Å². The van der Waals surface area contributed by atoms with Crippen molar-refractivity contribution >= 4 is 5.91 Å². The van der Waals surface area contributed by atoms with E-state index >= 15 is 0 Å². The third kappa shape index (κ3) is 3.40. The first-order valence-corrected chi connectivity index (χ1v) is 9.98. The van der Waals surface area contributed by atoms with Crippen LogP contribution >= 0.6 is 0 Å². The van der Waals surface area contributed by atoms with E-state index < -0.39 is 0 Å². The van der Waals surface area contributed by atoms with E-state index in [-0.39, 0.29) is 16.9 Å². The van der Waals surface area contributed by atoms with Gasteiger partial charge >= 0.3 is 0 Å². The molecule has 5 nitrogen and oxygen atoms in total. The molecule has 1 aromatic rings. The van der Waals surface area contributed by atoms with E-state index in [1.54, 1.807) is 11.7 Å². The maximum absolute atomic E-state index is 12.6. The molecule has 26 heavy (non-hydrogen) atoms. The van der Waals surface area contributed by atoms with E-state index in [9.17, 15) is 9.59 Å². The summed E-state index contributed by atoms with van der Waals surface area (Å²) in [6.45, 7) is 2.89. The van der Waals surface area contributed by atoms with Crippen LogP contribution in [0.4, 0.5) is 0 Å². The van der Waals surface area contributed by atoms with Crippen molar-refractivity contribution in [2.45, 2.75) is 58.4 Å². The summed E-state index contributed by atoms with van der Waals surface area (Å²) in [4.78, 5) is 24.7. The van der Waals surface area contributed by atoms with Crippen molar-refractivity contribution in [3.63, 3.8) is 0 Å². The number of aromatic nitrogens is 1. The molecule has 1 amide bonds. The van der Waals surface area contributed by atoms with E-state index in [4.69, 9.17) is 4.74 Å². The van der Waals surface area contributed by atoms with Crippen molar-refractivity contribution in [3.8, 4) is 5.75 Å². The number of nitrogens with one attached hydrogen (secondary N) is 1. The van der Waals surface area contributed by atoms with Crippen LogP contribution in [0.5, 0.6) is 5.75 Å². The monoisotopic (exact) mass is 358 g/mol. The molecule has 0 aromatic carbocycles. The van der Waals surface area contributed by atoms with Gasteiger partial charge < -0.3 is 14.6 Å². The van der Waals surface area contributed by atoms with Crippen LogP contribution in [-0.2, 0) is 11.3 Å². The minimum absolute atomic E-state index is 0.0859. The van der Waals surface area contributed by atoms with Crippen LogP contribution in [-0.4, -0.2) is 24.1 Å². The highest BCUT2D eigenvalue weighted by Crippen LogP contribution is 2.61. The molecule has 4 fully saturated rings. The number of aryl methyl sites for hydroxylation is 1. The number of hydrogen-bond acceptors (Lipinski definition) is 3. The summed E-state index contributed by atoms with van der Waals surface area (Å²) >= 11 is 0. The summed E-state index contributed by atoms with van der Waals surface area (Å²) in [5.74, 6) is 3.35. The van der Waals surface area contributed by atoms with Gasteiger partial charge in [-0.25, -0.2) is 0 Å². The molecule has 1 aromatic heterocycles. The molecule has 0 atom stereocenters. The van der Waals surface area contributed by atoms with Gasteiger partial charge in [-0.2, -0.15) is 0 Å². The number of hydrogen-bond donors (Lipinski definition) is 1. The molecule has 142 valence electrons. The molecule has 0 aliphatic heterocycles. The Kier molecular flexibility index (Phi) is 4.57. The largest absolute Gasteiger partial charge is 0.496 e. The second kappa shape index (κ2) is 6.75. The maximum atomic E-state index is 12.6. The second-order valence-electron chi connectivity index (χ2n) is 8.97. The van der Waals surface area contributed by atoms with Crippen molar-refractivity contribution in [1.29, 1.82) is 0 Å². The Hall–Kier alpha value is -1.78. The van der Waals surface area contributed by atoms with E-state index in [0.29, 0.717) is 25.3 Å². The van der Waals surface area contributed by atoms with Gasteiger partial charge in [0.25, 0.3) is 5.56 Å². The van der Waals surface area contributed by atoms with E-state index in [0.717, 1.165) is 23.4 Å². The van der Waals surface area contributed by atoms with E-state index in [2.05, 4.69) is 5.32 Å². The molecule has 1 N–H and O–H groups in total. The average Bonchev–Trinajstić information content (AvgIpc) is 2.55. The first kappa shape index (κ1) is 17.6. The van der Waals surface area contributed by atoms with Crippen LogP contribution in [0, 0.1) is 30.1 Å². The summed E-state index contributed by atoms with van der Waals surface area (Å²) in [6, 6.07) is 3.34. The summed E-state index contributed by atoms with van der Waals surface area (Å²) in [5, 5.41) is 3.06. The molecule has 0 spiro atoms. The fourth-order valence-corrected chi connectivity index (χ4v) is 6.32. The molecule has 0 saturated heterocycles. The van der Waals surface area contributed by atoms with E-state index in [1.165, 1.54) is 44.6 Å². The topological polar surface area (TPSA) is 60.3 Å². The predicted molar refractivity (Wildman–Crippen MR) is 100 cm³/mol. The lowest BCUT2D eigenvalue weighted by Gasteiger charge is -2.56. The summed E-state index contributed by atoms with van der Waals surface area (Å²) in [7, 11) is 1.56. The number of rotatable bonds is 6. The fourth-order valence-electron chi connectivity index (χ4n) is 6.32. The third-order valence-electron chi connectivity index (χ3n) is 6.90. The van der Waals surface area contributed by atoms with Crippen LogP contribution in [0.1, 0.15) is 50.6 Å². The summed E-state index contributed by atoms with van der Waals surface area (Å²) in [6.07, 6.45) is 8.64. The van der Waals surface area contributed by atoms with Gasteiger partial charge in [0, 0.05) is 31.3 Å². The van der Waals surface area contributed by atoms with Crippen molar-refractivity contribution in [2.75, 3.05) is 13.7 Å². The van der Waals surface area contributed by atoms with Gasteiger partial charge in [-0.15, -0.1) is 0 Å². The van der Waals surface area contributed by atoms with Gasteiger partial charge in [-0.05, 0) is 74.7 Å². The molecule has 4 bridgehead atoms. The zero-order valence-electron chi connectivity index (χ0n) is 15.9. The number of ether oxygens (including phenoxy) is 1. The predicted octanol–water partition coefficient (Wildman–Crippen LogP) is 2.89. The Morgan fingerprint density at radius 2 is 1.81 bits per heavy atom. The Morgan fingerprint density at radius 3 is 2.35 bits per heavy atom. The zero-order chi connectivity index (χ0) is 18.3. The van der Waals surface area contributed by atoms with Gasteiger partial charge in [-0.1, -0.05) is 0 Å². The smallest absolute Gasteiger partial charge is 0.254 e. The number of carbonyl (C=O) groups excluding carboxylic acids is 1.